The first-order chi connectivity index (χ1) is 9.92. The summed E-state index contributed by atoms with van der Waals surface area (Å²) in [7, 11) is 0. The van der Waals surface area contributed by atoms with Crippen molar-refractivity contribution in [1.29, 1.82) is 0 Å². The number of nitrogen functional groups attached to an aromatic ring is 1. The fourth-order valence-electron chi connectivity index (χ4n) is 2.04. The number of nitrogens with two attached hydrogens (primary N) is 1. The summed E-state index contributed by atoms with van der Waals surface area (Å²) in [6.07, 6.45) is 0. The van der Waals surface area contributed by atoms with Crippen LogP contribution in [0.4, 0.5) is 5.69 Å². The number of benzene rings is 1. The minimum atomic E-state index is -0.0208. The first-order valence-electron chi connectivity index (χ1n) is 6.51. The Morgan fingerprint density at radius 1 is 1.43 bits per heavy atom. The quantitative estimate of drug-likeness (QED) is 0.772. The van der Waals surface area contributed by atoms with Gasteiger partial charge in [-0.05, 0) is 43.7 Å². The molecule has 1 aromatic carbocycles. The van der Waals surface area contributed by atoms with Crippen molar-refractivity contribution in [3.8, 4) is 0 Å². The predicted molar refractivity (Wildman–Crippen MR) is 93.0 cm³/mol. The normalized spacial score (nSPS) is 10.7. The lowest BCUT2D eigenvalue weighted by atomic mass is 10.1. The van der Waals surface area contributed by atoms with Gasteiger partial charge >= 0.3 is 0 Å². The summed E-state index contributed by atoms with van der Waals surface area (Å²) >= 11 is 10.8. The van der Waals surface area contributed by atoms with Crippen molar-refractivity contribution in [1.82, 2.24) is 4.90 Å². The van der Waals surface area contributed by atoms with E-state index in [9.17, 15) is 4.79 Å². The molecule has 0 unspecified atom stereocenters. The summed E-state index contributed by atoms with van der Waals surface area (Å²) in [6.45, 7) is 5.01. The van der Waals surface area contributed by atoms with Gasteiger partial charge in [-0.25, -0.2) is 0 Å². The van der Waals surface area contributed by atoms with E-state index >= 15 is 0 Å². The van der Waals surface area contributed by atoms with Gasteiger partial charge in [0, 0.05) is 27.1 Å². The highest BCUT2D eigenvalue weighted by Gasteiger charge is 2.19. The van der Waals surface area contributed by atoms with Gasteiger partial charge in [-0.15, -0.1) is 11.3 Å². The van der Waals surface area contributed by atoms with Gasteiger partial charge in [-0.3, -0.25) is 4.79 Å². The molecule has 0 aliphatic heterocycles. The molecule has 2 rings (SSSR count). The Morgan fingerprint density at radius 3 is 2.71 bits per heavy atom. The Hall–Kier alpha value is -1.04. The Balaban J connectivity index is 2.28. The maximum Gasteiger partial charge on any atom is 0.254 e. The highest BCUT2D eigenvalue weighted by atomic mass is 79.9. The number of thiophene rings is 1. The van der Waals surface area contributed by atoms with E-state index in [1.807, 2.05) is 32.0 Å². The third-order valence-electron chi connectivity index (χ3n) is 3.29. The molecule has 0 fully saturated rings. The van der Waals surface area contributed by atoms with Gasteiger partial charge in [-0.2, -0.15) is 0 Å². The molecule has 2 aromatic rings. The third kappa shape index (κ3) is 3.78. The molecule has 1 heterocycles. The average Bonchev–Trinajstić information content (AvgIpc) is 2.85. The van der Waals surface area contributed by atoms with E-state index in [2.05, 4.69) is 15.9 Å². The van der Waals surface area contributed by atoms with Gasteiger partial charge in [0.25, 0.3) is 5.91 Å². The number of hydrogen-bond acceptors (Lipinski definition) is 3. The van der Waals surface area contributed by atoms with Crippen molar-refractivity contribution in [3.63, 3.8) is 0 Å². The van der Waals surface area contributed by atoms with Crippen molar-refractivity contribution in [2.75, 3.05) is 12.3 Å². The van der Waals surface area contributed by atoms with E-state index < -0.39 is 0 Å². The maximum absolute atomic E-state index is 12.7. The Bertz CT molecular complexity index is 672. The highest BCUT2D eigenvalue weighted by Crippen LogP contribution is 2.26. The van der Waals surface area contributed by atoms with Gasteiger partial charge in [0.15, 0.2) is 0 Å². The summed E-state index contributed by atoms with van der Waals surface area (Å²) in [5.74, 6) is -0.0208. The molecule has 1 amide bonds. The van der Waals surface area contributed by atoms with Crippen LogP contribution in [0.15, 0.2) is 28.7 Å². The molecule has 0 aliphatic rings. The van der Waals surface area contributed by atoms with Crippen LogP contribution in [0.1, 0.15) is 27.7 Å². The van der Waals surface area contributed by atoms with Crippen LogP contribution in [0.5, 0.6) is 0 Å². The number of rotatable bonds is 4. The molecule has 2 N–H and O–H groups in total. The summed E-state index contributed by atoms with van der Waals surface area (Å²) in [6, 6.07) is 7.42. The second kappa shape index (κ2) is 6.81. The number of hydrogen-bond donors (Lipinski definition) is 1. The highest BCUT2D eigenvalue weighted by molar-refractivity contribution is 9.10. The molecule has 0 saturated heterocycles. The molecule has 0 bridgehead atoms. The topological polar surface area (TPSA) is 46.3 Å². The lowest BCUT2D eigenvalue weighted by Gasteiger charge is -2.22. The minimum absolute atomic E-state index is 0.0208. The fourth-order valence-corrected chi connectivity index (χ4v) is 3.62. The smallest absolute Gasteiger partial charge is 0.254 e. The van der Waals surface area contributed by atoms with Crippen molar-refractivity contribution in [2.45, 2.75) is 20.4 Å². The number of carbonyl (C=O) groups excluding carboxylic acids is 1. The monoisotopic (exact) mass is 386 g/mol. The van der Waals surface area contributed by atoms with E-state index in [0.29, 0.717) is 24.3 Å². The predicted octanol–water partition coefficient (Wildman–Crippen LogP) is 4.72. The Kier molecular flexibility index (Phi) is 5.30. The van der Waals surface area contributed by atoms with Crippen LogP contribution in [-0.4, -0.2) is 17.4 Å². The number of halogens is 2. The molecule has 0 radical (unpaired) electrons. The van der Waals surface area contributed by atoms with E-state index in [1.54, 1.807) is 11.0 Å². The van der Waals surface area contributed by atoms with E-state index in [-0.39, 0.29) is 5.91 Å². The van der Waals surface area contributed by atoms with Crippen LogP contribution in [-0.2, 0) is 6.54 Å². The fraction of sp³-hybridized carbons (Fsp3) is 0.267. The molecular formula is C15H16BrClN2OS. The molecule has 3 nitrogen and oxygen atoms in total. The number of amides is 1. The second-order valence-corrected chi connectivity index (χ2v) is 7.41. The van der Waals surface area contributed by atoms with Crippen molar-refractivity contribution in [3.05, 3.63) is 49.1 Å². The lowest BCUT2D eigenvalue weighted by Crippen LogP contribution is -2.30. The van der Waals surface area contributed by atoms with Gasteiger partial charge in [-0.1, -0.05) is 27.5 Å². The zero-order valence-electron chi connectivity index (χ0n) is 11.8. The maximum atomic E-state index is 12.7. The molecule has 0 spiro atoms. The molecule has 112 valence electrons. The van der Waals surface area contributed by atoms with Crippen LogP contribution >= 0.6 is 38.9 Å². The molecule has 0 aliphatic carbocycles. The van der Waals surface area contributed by atoms with Crippen LogP contribution < -0.4 is 5.73 Å². The average molecular weight is 388 g/mol. The summed E-state index contributed by atoms with van der Waals surface area (Å²) in [5.41, 5.74) is 8.00. The molecule has 0 saturated carbocycles. The third-order valence-corrected chi connectivity index (χ3v) is 4.96. The van der Waals surface area contributed by atoms with Gasteiger partial charge < -0.3 is 10.6 Å². The standard InChI is InChI=1S/C15H16BrClN2OS/c1-3-19(8-11-4-5-14(17)21-11)15(20)12-6-10(16)7-13(18)9(12)2/h4-7H,3,8,18H2,1-2H3. The van der Waals surface area contributed by atoms with Crippen molar-refractivity contribution in [2.24, 2.45) is 0 Å². The molecule has 21 heavy (non-hydrogen) atoms. The first-order valence-corrected chi connectivity index (χ1v) is 8.50. The van der Waals surface area contributed by atoms with Crippen LogP contribution in [0.25, 0.3) is 0 Å². The van der Waals surface area contributed by atoms with E-state index in [1.165, 1.54) is 11.3 Å². The SMILES string of the molecule is CCN(Cc1ccc(Cl)s1)C(=O)c1cc(Br)cc(N)c1C. The number of anilines is 1. The van der Waals surface area contributed by atoms with Gasteiger partial charge in [0.05, 0.1) is 10.9 Å². The Labute approximate surface area is 141 Å². The molecule has 0 atom stereocenters. The van der Waals surface area contributed by atoms with E-state index in [4.69, 9.17) is 17.3 Å². The first kappa shape index (κ1) is 16.3. The minimum Gasteiger partial charge on any atom is -0.398 e. The van der Waals surface area contributed by atoms with Crippen LogP contribution in [0, 0.1) is 6.92 Å². The summed E-state index contributed by atoms with van der Waals surface area (Å²) in [4.78, 5) is 15.6. The zero-order valence-corrected chi connectivity index (χ0v) is 15.0. The van der Waals surface area contributed by atoms with Crippen molar-refractivity contribution >= 4 is 50.5 Å². The summed E-state index contributed by atoms with van der Waals surface area (Å²) < 4.78 is 1.54. The lowest BCUT2D eigenvalue weighted by molar-refractivity contribution is 0.0753. The largest absolute Gasteiger partial charge is 0.398 e. The van der Waals surface area contributed by atoms with E-state index in [0.717, 1.165) is 19.2 Å². The van der Waals surface area contributed by atoms with Crippen LogP contribution in [0.3, 0.4) is 0 Å². The Morgan fingerprint density at radius 2 is 2.14 bits per heavy atom. The zero-order chi connectivity index (χ0) is 15.6. The molecule has 6 heteroatoms. The van der Waals surface area contributed by atoms with Crippen molar-refractivity contribution < 1.29 is 4.79 Å². The molecule has 1 aromatic heterocycles. The number of carbonyl (C=O) groups is 1. The molecular weight excluding hydrogens is 372 g/mol. The summed E-state index contributed by atoms with van der Waals surface area (Å²) in [5, 5.41) is 0. The van der Waals surface area contributed by atoms with Gasteiger partial charge in [0.1, 0.15) is 0 Å². The van der Waals surface area contributed by atoms with Crippen LogP contribution in [0.2, 0.25) is 4.34 Å². The van der Waals surface area contributed by atoms with Gasteiger partial charge in [0.2, 0.25) is 0 Å². The second-order valence-electron chi connectivity index (χ2n) is 4.69. The number of nitrogens with zero attached hydrogens (tertiary/aromatic N) is 1.